The average Bonchev–Trinajstić information content (AvgIpc) is 3.32. The molecule has 0 atom stereocenters. The van der Waals surface area contributed by atoms with E-state index in [2.05, 4.69) is 17.0 Å². The van der Waals surface area contributed by atoms with E-state index in [0.29, 0.717) is 33.4 Å². The number of hydrogen-bond donors (Lipinski definition) is 0. The Bertz CT molecular complexity index is 1250. The number of rotatable bonds is 8. The fourth-order valence-corrected chi connectivity index (χ4v) is 4.03. The van der Waals surface area contributed by atoms with Gasteiger partial charge in [-0.05, 0) is 30.2 Å². The van der Waals surface area contributed by atoms with E-state index in [-0.39, 0.29) is 5.56 Å². The molecule has 0 spiro atoms. The molecule has 7 heteroatoms. The highest BCUT2D eigenvalue weighted by Crippen LogP contribution is 2.28. The molecule has 0 bridgehead atoms. The molecule has 4 aromatic rings. The molecule has 0 aliphatic carbocycles. The molecule has 0 aliphatic heterocycles. The maximum absolute atomic E-state index is 12.8. The normalized spacial score (nSPS) is 11.9. The molecular weight excluding hydrogens is 398 g/mol. The summed E-state index contributed by atoms with van der Waals surface area (Å²) in [4.78, 5) is 17.9. The third kappa shape index (κ3) is 4.21. The van der Waals surface area contributed by atoms with Crippen molar-refractivity contribution in [3.63, 3.8) is 0 Å². The van der Waals surface area contributed by atoms with Crippen LogP contribution in [-0.4, -0.2) is 28.3 Å². The first-order valence-corrected chi connectivity index (χ1v) is 10.8. The van der Waals surface area contributed by atoms with E-state index in [0.717, 1.165) is 30.4 Å². The van der Waals surface area contributed by atoms with Crippen molar-refractivity contribution in [2.24, 2.45) is 0 Å². The van der Waals surface area contributed by atoms with Crippen LogP contribution in [0.5, 0.6) is 11.5 Å². The van der Waals surface area contributed by atoms with Crippen LogP contribution < -0.4 is 19.6 Å². The first kappa shape index (κ1) is 20.1. The quantitative estimate of drug-likeness (QED) is 0.403. The number of unbranched alkanes of at least 4 members (excludes halogenated alkanes) is 2. The van der Waals surface area contributed by atoms with Gasteiger partial charge in [-0.25, -0.2) is 0 Å². The van der Waals surface area contributed by atoms with Gasteiger partial charge in [-0.1, -0.05) is 67.5 Å². The molecule has 0 radical (unpaired) electrons. The molecule has 0 fully saturated rings. The fraction of sp³-hybridized carbons (Fsp3) is 0.261. The molecule has 154 valence electrons. The van der Waals surface area contributed by atoms with Gasteiger partial charge in [-0.2, -0.15) is 9.50 Å². The van der Waals surface area contributed by atoms with Gasteiger partial charge in [0.2, 0.25) is 4.96 Å². The van der Waals surface area contributed by atoms with Crippen LogP contribution in [0.2, 0.25) is 0 Å². The lowest BCUT2D eigenvalue weighted by Gasteiger charge is -2.11. The summed E-state index contributed by atoms with van der Waals surface area (Å²) in [6.45, 7) is 2.82. The summed E-state index contributed by atoms with van der Waals surface area (Å²) in [6.07, 6.45) is 5.13. The van der Waals surface area contributed by atoms with Gasteiger partial charge in [0.25, 0.3) is 5.56 Å². The van der Waals surface area contributed by atoms with Crippen LogP contribution in [0.25, 0.3) is 22.4 Å². The zero-order chi connectivity index (χ0) is 20.9. The van der Waals surface area contributed by atoms with Crippen LogP contribution in [0, 0.1) is 0 Å². The first-order chi connectivity index (χ1) is 14.7. The molecule has 2 aromatic carbocycles. The van der Waals surface area contributed by atoms with Crippen molar-refractivity contribution in [2.75, 3.05) is 13.7 Å². The van der Waals surface area contributed by atoms with E-state index in [1.54, 1.807) is 7.11 Å². The second-order valence-corrected chi connectivity index (χ2v) is 7.89. The van der Waals surface area contributed by atoms with Crippen molar-refractivity contribution in [1.82, 2.24) is 14.6 Å². The molecule has 6 nitrogen and oxygen atoms in total. The van der Waals surface area contributed by atoms with Gasteiger partial charge >= 0.3 is 0 Å². The Morgan fingerprint density at radius 3 is 2.67 bits per heavy atom. The summed E-state index contributed by atoms with van der Waals surface area (Å²) in [5, 5.41) is 4.38. The lowest BCUT2D eigenvalue weighted by Crippen LogP contribution is -2.23. The highest BCUT2D eigenvalue weighted by Gasteiger charge is 2.12. The van der Waals surface area contributed by atoms with Crippen LogP contribution in [0.4, 0.5) is 0 Å². The van der Waals surface area contributed by atoms with E-state index < -0.39 is 0 Å². The van der Waals surface area contributed by atoms with Crippen molar-refractivity contribution in [3.8, 4) is 22.9 Å². The van der Waals surface area contributed by atoms with Crippen molar-refractivity contribution >= 4 is 22.4 Å². The Hall–Kier alpha value is -3.19. The summed E-state index contributed by atoms with van der Waals surface area (Å²) in [6, 6.07) is 15.3. The van der Waals surface area contributed by atoms with Gasteiger partial charge in [-0.3, -0.25) is 4.79 Å². The number of hydrogen-bond acceptors (Lipinski definition) is 6. The van der Waals surface area contributed by atoms with Crippen LogP contribution in [-0.2, 0) is 0 Å². The van der Waals surface area contributed by atoms with Gasteiger partial charge < -0.3 is 9.47 Å². The second kappa shape index (κ2) is 9.09. The number of aromatic nitrogens is 3. The number of benzene rings is 2. The molecule has 0 unspecified atom stereocenters. The standard InChI is InChI=1S/C23H23N3O3S/c1-3-4-8-13-29-18-12-11-16(14-19(18)28-2)15-20-22(27)26-23(30-20)24-21(25-26)17-9-6-5-7-10-17/h5-7,9-12,14-15H,3-4,8,13H2,1-2H3. The molecule has 0 aliphatic rings. The van der Waals surface area contributed by atoms with Gasteiger partial charge in [0.15, 0.2) is 17.3 Å². The molecule has 0 saturated heterocycles. The lowest BCUT2D eigenvalue weighted by molar-refractivity contribution is 0.286. The van der Waals surface area contributed by atoms with Crippen LogP contribution in [0.3, 0.4) is 0 Å². The van der Waals surface area contributed by atoms with E-state index in [1.165, 1.54) is 15.9 Å². The first-order valence-electron chi connectivity index (χ1n) is 9.97. The molecule has 2 heterocycles. The zero-order valence-corrected chi connectivity index (χ0v) is 17.8. The highest BCUT2D eigenvalue weighted by atomic mass is 32.1. The smallest absolute Gasteiger partial charge is 0.291 e. The van der Waals surface area contributed by atoms with Gasteiger partial charge in [0, 0.05) is 5.56 Å². The van der Waals surface area contributed by atoms with E-state index in [4.69, 9.17) is 9.47 Å². The Labute approximate surface area is 178 Å². The van der Waals surface area contributed by atoms with E-state index >= 15 is 0 Å². The SMILES string of the molecule is CCCCCOc1ccc(C=c2sc3nc(-c4ccccc4)nn3c2=O)cc1OC. The monoisotopic (exact) mass is 421 g/mol. The molecule has 0 N–H and O–H groups in total. The maximum atomic E-state index is 12.8. The largest absolute Gasteiger partial charge is 0.493 e. The van der Waals surface area contributed by atoms with Gasteiger partial charge in [0.1, 0.15) is 0 Å². The predicted octanol–water partition coefficient (Wildman–Crippen LogP) is 3.94. The topological polar surface area (TPSA) is 65.7 Å². The maximum Gasteiger partial charge on any atom is 0.291 e. The number of thiazole rings is 1. The molecule has 2 aromatic heterocycles. The minimum atomic E-state index is -0.177. The summed E-state index contributed by atoms with van der Waals surface area (Å²) in [5.41, 5.74) is 1.57. The number of ether oxygens (including phenoxy) is 2. The molecule has 30 heavy (non-hydrogen) atoms. The number of nitrogens with zero attached hydrogens (tertiary/aromatic N) is 3. The summed E-state index contributed by atoms with van der Waals surface area (Å²) in [5.74, 6) is 1.92. The van der Waals surface area contributed by atoms with Gasteiger partial charge in [0.05, 0.1) is 18.2 Å². The average molecular weight is 422 g/mol. The predicted molar refractivity (Wildman–Crippen MR) is 119 cm³/mol. The Kier molecular flexibility index (Phi) is 6.09. The van der Waals surface area contributed by atoms with E-state index in [9.17, 15) is 4.79 Å². The minimum Gasteiger partial charge on any atom is -0.493 e. The number of fused-ring (bicyclic) bond motifs is 1. The molecular formula is C23H23N3O3S. The van der Waals surface area contributed by atoms with Crippen molar-refractivity contribution in [1.29, 1.82) is 0 Å². The lowest BCUT2D eigenvalue weighted by atomic mass is 10.2. The molecule has 0 saturated carbocycles. The fourth-order valence-electron chi connectivity index (χ4n) is 3.12. The zero-order valence-electron chi connectivity index (χ0n) is 17.0. The van der Waals surface area contributed by atoms with Crippen LogP contribution in [0.15, 0.2) is 53.3 Å². The summed E-state index contributed by atoms with van der Waals surface area (Å²) in [7, 11) is 1.62. The Morgan fingerprint density at radius 1 is 1.10 bits per heavy atom. The minimum absolute atomic E-state index is 0.177. The van der Waals surface area contributed by atoms with Crippen LogP contribution >= 0.6 is 11.3 Å². The van der Waals surface area contributed by atoms with Crippen molar-refractivity contribution in [3.05, 3.63) is 69.0 Å². The van der Waals surface area contributed by atoms with Gasteiger partial charge in [-0.15, -0.1) is 5.10 Å². The number of methoxy groups -OCH3 is 1. The summed E-state index contributed by atoms with van der Waals surface area (Å²) >= 11 is 1.32. The molecule has 4 rings (SSSR count). The Balaban J connectivity index is 1.62. The second-order valence-electron chi connectivity index (χ2n) is 6.88. The highest BCUT2D eigenvalue weighted by molar-refractivity contribution is 7.15. The van der Waals surface area contributed by atoms with Crippen LogP contribution in [0.1, 0.15) is 31.7 Å². The van der Waals surface area contributed by atoms with Crippen molar-refractivity contribution < 1.29 is 9.47 Å². The third-order valence-electron chi connectivity index (χ3n) is 4.70. The Morgan fingerprint density at radius 2 is 1.93 bits per heavy atom. The van der Waals surface area contributed by atoms with E-state index in [1.807, 2.05) is 54.6 Å². The third-order valence-corrected chi connectivity index (χ3v) is 5.66. The summed E-state index contributed by atoms with van der Waals surface area (Å²) < 4.78 is 13.2. The molecule has 0 amide bonds. The van der Waals surface area contributed by atoms with Crippen molar-refractivity contribution in [2.45, 2.75) is 26.2 Å².